The van der Waals surface area contributed by atoms with E-state index >= 15 is 0 Å². The number of anilines is 1. The van der Waals surface area contributed by atoms with Gasteiger partial charge in [-0.3, -0.25) is 13.9 Å². The van der Waals surface area contributed by atoms with Crippen LogP contribution in [0, 0.1) is 0 Å². The van der Waals surface area contributed by atoms with Crippen molar-refractivity contribution >= 4 is 5.82 Å². The Labute approximate surface area is 164 Å². The molecule has 160 valence electrons. The second-order valence-electron chi connectivity index (χ2n) is 6.29. The Morgan fingerprint density at radius 1 is 0.643 bits per heavy atom. The highest BCUT2D eigenvalue weighted by Crippen LogP contribution is 2.08. The van der Waals surface area contributed by atoms with Crippen molar-refractivity contribution in [1.29, 1.82) is 0 Å². The van der Waals surface area contributed by atoms with Crippen molar-refractivity contribution in [2.75, 3.05) is 84.1 Å². The van der Waals surface area contributed by atoms with Crippen LogP contribution in [0.1, 0.15) is 0 Å². The van der Waals surface area contributed by atoms with Gasteiger partial charge in [0, 0.05) is 33.3 Å². The minimum atomic E-state index is -0.368. The average Bonchev–Trinajstić information content (AvgIpc) is 2.69. The standard InChI is InChI=1S/C18H31N3O7/c1-19-16(15-17(22)20(2)18(19)23)21-3-5-24-7-9-26-11-13-28-14-12-27-10-8-25-6-4-21/h15H,3-14H2,1-2H3. The zero-order valence-electron chi connectivity index (χ0n) is 16.8. The van der Waals surface area contributed by atoms with Crippen LogP contribution in [0.5, 0.6) is 0 Å². The molecule has 0 radical (unpaired) electrons. The molecule has 0 N–H and O–H groups in total. The minimum Gasteiger partial charge on any atom is -0.377 e. The van der Waals surface area contributed by atoms with E-state index in [2.05, 4.69) is 0 Å². The lowest BCUT2D eigenvalue weighted by molar-refractivity contribution is -0.0116. The number of hydrogen-bond donors (Lipinski definition) is 0. The van der Waals surface area contributed by atoms with E-state index in [9.17, 15) is 9.59 Å². The number of ether oxygens (including phenoxy) is 5. The summed E-state index contributed by atoms with van der Waals surface area (Å²) in [5.74, 6) is 0.541. The molecular weight excluding hydrogens is 370 g/mol. The quantitative estimate of drug-likeness (QED) is 0.591. The van der Waals surface area contributed by atoms with Crippen molar-refractivity contribution in [1.82, 2.24) is 9.13 Å². The van der Waals surface area contributed by atoms with Gasteiger partial charge < -0.3 is 28.6 Å². The molecule has 1 aliphatic rings. The van der Waals surface area contributed by atoms with Crippen molar-refractivity contribution in [3.63, 3.8) is 0 Å². The smallest absolute Gasteiger partial charge is 0.332 e. The van der Waals surface area contributed by atoms with Crippen molar-refractivity contribution in [3.05, 3.63) is 26.9 Å². The maximum Gasteiger partial charge on any atom is 0.332 e. The number of aromatic nitrogens is 2. The first-order valence-corrected chi connectivity index (χ1v) is 9.52. The van der Waals surface area contributed by atoms with Gasteiger partial charge in [0.2, 0.25) is 0 Å². The van der Waals surface area contributed by atoms with E-state index < -0.39 is 0 Å². The van der Waals surface area contributed by atoms with Gasteiger partial charge in [-0.1, -0.05) is 0 Å². The van der Waals surface area contributed by atoms with Gasteiger partial charge >= 0.3 is 5.69 Å². The fourth-order valence-corrected chi connectivity index (χ4v) is 2.70. The van der Waals surface area contributed by atoms with Gasteiger partial charge in [0.1, 0.15) is 5.82 Å². The third kappa shape index (κ3) is 7.36. The summed E-state index contributed by atoms with van der Waals surface area (Å²) in [5.41, 5.74) is -0.712. The molecule has 1 aliphatic heterocycles. The first kappa shape index (κ1) is 22.6. The molecule has 2 rings (SSSR count). The maximum absolute atomic E-state index is 12.2. The molecule has 0 amide bonds. The first-order valence-electron chi connectivity index (χ1n) is 9.52. The van der Waals surface area contributed by atoms with Gasteiger partial charge in [-0.05, 0) is 0 Å². The van der Waals surface area contributed by atoms with Crippen LogP contribution in [0.2, 0.25) is 0 Å². The normalized spacial score (nSPS) is 19.7. The molecule has 1 fully saturated rings. The van der Waals surface area contributed by atoms with Gasteiger partial charge in [0.25, 0.3) is 5.56 Å². The molecule has 2 heterocycles. The molecule has 28 heavy (non-hydrogen) atoms. The van der Waals surface area contributed by atoms with Crippen LogP contribution in [0.4, 0.5) is 5.82 Å². The molecule has 1 aromatic rings. The molecule has 10 heteroatoms. The summed E-state index contributed by atoms with van der Waals surface area (Å²) in [4.78, 5) is 26.2. The molecule has 0 aromatic carbocycles. The van der Waals surface area contributed by atoms with Crippen LogP contribution in [0.15, 0.2) is 15.7 Å². The molecule has 0 saturated carbocycles. The van der Waals surface area contributed by atoms with Crippen LogP contribution in [0.3, 0.4) is 0 Å². The third-order valence-corrected chi connectivity index (χ3v) is 4.32. The largest absolute Gasteiger partial charge is 0.377 e. The third-order valence-electron chi connectivity index (χ3n) is 4.32. The van der Waals surface area contributed by atoms with Crippen LogP contribution in [-0.2, 0) is 37.8 Å². The summed E-state index contributed by atoms with van der Waals surface area (Å²) in [7, 11) is 3.11. The second-order valence-corrected chi connectivity index (χ2v) is 6.29. The van der Waals surface area contributed by atoms with Gasteiger partial charge in [-0.25, -0.2) is 4.79 Å². The van der Waals surface area contributed by atoms with E-state index in [0.717, 1.165) is 4.57 Å². The fraction of sp³-hybridized carbons (Fsp3) is 0.778. The Hall–Kier alpha value is -1.72. The molecule has 1 aromatic heterocycles. The predicted molar refractivity (Wildman–Crippen MR) is 103 cm³/mol. The van der Waals surface area contributed by atoms with Gasteiger partial charge in [0.05, 0.1) is 66.1 Å². The van der Waals surface area contributed by atoms with E-state index in [-0.39, 0.29) is 11.2 Å². The van der Waals surface area contributed by atoms with Crippen LogP contribution in [-0.4, -0.2) is 88.3 Å². The zero-order valence-corrected chi connectivity index (χ0v) is 16.8. The van der Waals surface area contributed by atoms with Crippen LogP contribution < -0.4 is 16.1 Å². The lowest BCUT2D eigenvalue weighted by atomic mass is 10.4. The molecule has 0 atom stereocenters. The minimum absolute atomic E-state index is 0.344. The first-order chi connectivity index (χ1) is 13.6. The molecule has 0 unspecified atom stereocenters. The van der Waals surface area contributed by atoms with Crippen molar-refractivity contribution in [2.24, 2.45) is 14.1 Å². The maximum atomic E-state index is 12.2. The Bertz CT molecular complexity index is 671. The molecule has 0 bridgehead atoms. The number of hydrogen-bond acceptors (Lipinski definition) is 8. The summed E-state index contributed by atoms with van der Waals surface area (Å²) in [5, 5.41) is 0. The fourth-order valence-electron chi connectivity index (χ4n) is 2.70. The van der Waals surface area contributed by atoms with Gasteiger partial charge in [-0.2, -0.15) is 0 Å². The SMILES string of the molecule is Cn1c(N2CCOCCOCCOCCOCCOCC2)cc(=O)n(C)c1=O. The topological polar surface area (TPSA) is 93.4 Å². The van der Waals surface area contributed by atoms with Crippen molar-refractivity contribution in [3.8, 4) is 0 Å². The Balaban J connectivity index is 2.00. The van der Waals surface area contributed by atoms with Crippen LogP contribution >= 0.6 is 0 Å². The average molecular weight is 401 g/mol. The van der Waals surface area contributed by atoms with Gasteiger partial charge in [-0.15, -0.1) is 0 Å². The molecule has 1 saturated heterocycles. The summed E-state index contributed by atoms with van der Waals surface area (Å²) < 4.78 is 30.0. The van der Waals surface area contributed by atoms with E-state index in [0.29, 0.717) is 85.0 Å². The zero-order chi connectivity index (χ0) is 20.2. The summed E-state index contributed by atoms with van der Waals surface area (Å²) in [6.07, 6.45) is 0. The lowest BCUT2D eigenvalue weighted by Gasteiger charge is -2.26. The van der Waals surface area contributed by atoms with Crippen molar-refractivity contribution in [2.45, 2.75) is 0 Å². The van der Waals surface area contributed by atoms with Gasteiger partial charge in [0.15, 0.2) is 0 Å². The van der Waals surface area contributed by atoms with E-state index in [1.165, 1.54) is 17.7 Å². The Kier molecular flexibility index (Phi) is 10.2. The lowest BCUT2D eigenvalue weighted by Crippen LogP contribution is -2.42. The molecule has 0 aliphatic carbocycles. The summed E-state index contributed by atoms with van der Waals surface area (Å²) in [6, 6.07) is 1.46. The van der Waals surface area contributed by atoms with E-state index in [4.69, 9.17) is 23.7 Å². The monoisotopic (exact) mass is 401 g/mol. The number of rotatable bonds is 1. The number of nitrogens with zero attached hydrogens (tertiary/aromatic N) is 3. The summed E-state index contributed by atoms with van der Waals surface area (Å²) in [6.45, 7) is 5.84. The summed E-state index contributed by atoms with van der Waals surface area (Å²) >= 11 is 0. The van der Waals surface area contributed by atoms with Crippen molar-refractivity contribution < 1.29 is 23.7 Å². The molecular formula is C18H31N3O7. The predicted octanol–water partition coefficient (Wildman–Crippen LogP) is -1.01. The second kappa shape index (κ2) is 12.7. The molecule has 0 spiro atoms. The van der Waals surface area contributed by atoms with E-state index in [1.807, 2.05) is 4.90 Å². The highest BCUT2D eigenvalue weighted by Gasteiger charge is 2.13. The Morgan fingerprint density at radius 2 is 1.04 bits per heavy atom. The highest BCUT2D eigenvalue weighted by molar-refractivity contribution is 5.38. The van der Waals surface area contributed by atoms with Crippen LogP contribution in [0.25, 0.3) is 0 Å². The Morgan fingerprint density at radius 3 is 1.46 bits per heavy atom. The van der Waals surface area contributed by atoms with E-state index in [1.54, 1.807) is 7.05 Å². The highest BCUT2D eigenvalue weighted by atomic mass is 16.6. The molecule has 10 nitrogen and oxygen atoms in total.